The lowest BCUT2D eigenvalue weighted by Gasteiger charge is -2.09. The van der Waals surface area contributed by atoms with Gasteiger partial charge in [-0.05, 0) is 36.5 Å². The first-order valence-corrected chi connectivity index (χ1v) is 8.28. The highest BCUT2D eigenvalue weighted by Crippen LogP contribution is 2.33. The third kappa shape index (κ3) is 4.18. The monoisotopic (exact) mass is 303 g/mol. The van der Waals surface area contributed by atoms with Gasteiger partial charge >= 0.3 is 0 Å². The molecule has 0 radical (unpaired) electrons. The molecule has 1 aliphatic carbocycles. The van der Waals surface area contributed by atoms with E-state index in [4.69, 9.17) is 16.7 Å². The average Bonchev–Trinajstić information content (AvgIpc) is 3.19. The van der Waals surface area contributed by atoms with Crippen molar-refractivity contribution in [1.82, 2.24) is 4.72 Å². The Labute approximate surface area is 118 Å². The minimum atomic E-state index is -3.59. The zero-order valence-electron chi connectivity index (χ0n) is 10.6. The highest BCUT2D eigenvalue weighted by molar-refractivity contribution is 7.89. The topological polar surface area (TPSA) is 66.4 Å². The first kappa shape index (κ1) is 14.8. The van der Waals surface area contributed by atoms with Crippen molar-refractivity contribution in [3.8, 4) is 0 Å². The molecule has 1 aromatic rings. The van der Waals surface area contributed by atoms with E-state index in [0.29, 0.717) is 12.1 Å². The molecule has 1 fully saturated rings. The van der Waals surface area contributed by atoms with Crippen LogP contribution in [0.1, 0.15) is 31.2 Å². The molecule has 0 bridgehead atoms. The van der Waals surface area contributed by atoms with Gasteiger partial charge in [-0.2, -0.15) is 0 Å². The number of sulfonamides is 1. The molecule has 6 heteroatoms. The molecule has 0 aromatic heterocycles. The van der Waals surface area contributed by atoms with Gasteiger partial charge in [-0.15, -0.1) is 0 Å². The Morgan fingerprint density at radius 1 is 1.37 bits per heavy atom. The van der Waals surface area contributed by atoms with Crippen LogP contribution in [-0.2, 0) is 16.6 Å². The quantitative estimate of drug-likeness (QED) is 0.760. The molecular formula is C13H18ClNO3S. The van der Waals surface area contributed by atoms with Gasteiger partial charge in [0.25, 0.3) is 0 Å². The molecule has 2 rings (SSSR count). The molecule has 1 aliphatic rings. The average molecular weight is 304 g/mol. The molecule has 0 amide bonds. The maximum Gasteiger partial charge on any atom is 0.242 e. The van der Waals surface area contributed by atoms with Crippen molar-refractivity contribution < 1.29 is 13.5 Å². The van der Waals surface area contributed by atoms with Crippen molar-refractivity contribution in [1.29, 1.82) is 0 Å². The largest absolute Gasteiger partial charge is 0.392 e. The predicted molar refractivity (Wildman–Crippen MR) is 74.5 cm³/mol. The maximum absolute atomic E-state index is 12.1. The number of hydrogen-bond donors (Lipinski definition) is 2. The second kappa shape index (κ2) is 6.22. The fourth-order valence-corrected chi connectivity index (χ4v) is 3.56. The molecule has 1 saturated carbocycles. The molecule has 0 saturated heterocycles. The summed E-state index contributed by atoms with van der Waals surface area (Å²) < 4.78 is 26.8. The van der Waals surface area contributed by atoms with Gasteiger partial charge in [0.05, 0.1) is 11.6 Å². The van der Waals surface area contributed by atoms with Crippen molar-refractivity contribution in [3.63, 3.8) is 0 Å². The predicted octanol–water partition coefficient (Wildman–Crippen LogP) is 2.30. The van der Waals surface area contributed by atoms with E-state index in [-0.39, 0.29) is 16.5 Å². The lowest BCUT2D eigenvalue weighted by atomic mass is 10.2. The van der Waals surface area contributed by atoms with Gasteiger partial charge in [0.1, 0.15) is 4.90 Å². The standard InChI is InChI=1S/C13H18ClNO3S/c14-12-6-5-11(9-16)8-13(12)19(17,18)15-7-1-2-10-3-4-10/h5-6,8,10,15-16H,1-4,7,9H2. The van der Waals surface area contributed by atoms with Crippen LogP contribution in [-0.4, -0.2) is 20.1 Å². The minimum Gasteiger partial charge on any atom is -0.392 e. The van der Waals surface area contributed by atoms with E-state index in [1.165, 1.54) is 25.0 Å². The summed E-state index contributed by atoms with van der Waals surface area (Å²) in [5.41, 5.74) is 0.530. The summed E-state index contributed by atoms with van der Waals surface area (Å²) in [5, 5.41) is 9.22. The number of rotatable bonds is 7. The zero-order valence-corrected chi connectivity index (χ0v) is 12.2. The second-order valence-electron chi connectivity index (χ2n) is 4.91. The van der Waals surface area contributed by atoms with Gasteiger partial charge in [0, 0.05) is 6.54 Å². The third-order valence-electron chi connectivity index (χ3n) is 3.25. The van der Waals surface area contributed by atoms with Crippen LogP contribution in [0.2, 0.25) is 5.02 Å². The molecule has 0 unspecified atom stereocenters. The van der Waals surface area contributed by atoms with Gasteiger partial charge in [-0.1, -0.05) is 30.5 Å². The molecule has 0 spiro atoms. The van der Waals surface area contributed by atoms with Crippen molar-refractivity contribution in [3.05, 3.63) is 28.8 Å². The van der Waals surface area contributed by atoms with E-state index in [2.05, 4.69) is 4.72 Å². The maximum atomic E-state index is 12.1. The van der Waals surface area contributed by atoms with Crippen LogP contribution in [0.15, 0.2) is 23.1 Å². The summed E-state index contributed by atoms with van der Waals surface area (Å²) in [6, 6.07) is 4.51. The fourth-order valence-electron chi connectivity index (χ4n) is 1.93. The summed E-state index contributed by atoms with van der Waals surface area (Å²) in [6.07, 6.45) is 4.47. The molecule has 0 atom stereocenters. The molecular weight excluding hydrogens is 286 g/mol. The Bertz CT molecular complexity index is 541. The summed E-state index contributed by atoms with van der Waals surface area (Å²) in [6.45, 7) is 0.222. The Hall–Kier alpha value is -0.620. The molecule has 106 valence electrons. The lowest BCUT2D eigenvalue weighted by molar-refractivity contribution is 0.281. The van der Waals surface area contributed by atoms with Crippen molar-refractivity contribution in [2.24, 2.45) is 5.92 Å². The third-order valence-corrected chi connectivity index (χ3v) is 5.19. The number of aliphatic hydroxyl groups excluding tert-OH is 1. The first-order valence-electron chi connectivity index (χ1n) is 6.42. The molecule has 4 nitrogen and oxygen atoms in total. The summed E-state index contributed by atoms with van der Waals surface area (Å²) in [7, 11) is -3.59. The van der Waals surface area contributed by atoms with E-state index in [1.807, 2.05) is 0 Å². The molecule has 19 heavy (non-hydrogen) atoms. The van der Waals surface area contributed by atoms with E-state index >= 15 is 0 Å². The van der Waals surface area contributed by atoms with Crippen LogP contribution in [0, 0.1) is 5.92 Å². The van der Waals surface area contributed by atoms with E-state index < -0.39 is 10.0 Å². The Morgan fingerprint density at radius 2 is 2.11 bits per heavy atom. The first-order chi connectivity index (χ1) is 9.03. The molecule has 0 aliphatic heterocycles. The summed E-state index contributed by atoms with van der Waals surface area (Å²) in [4.78, 5) is 0.0344. The van der Waals surface area contributed by atoms with E-state index in [1.54, 1.807) is 6.07 Å². The molecule has 1 aromatic carbocycles. The van der Waals surface area contributed by atoms with Gasteiger partial charge in [0.2, 0.25) is 10.0 Å². The van der Waals surface area contributed by atoms with Crippen LogP contribution >= 0.6 is 11.6 Å². The SMILES string of the molecule is O=S(=O)(NCCCC1CC1)c1cc(CO)ccc1Cl. The van der Waals surface area contributed by atoms with Crippen LogP contribution in [0.25, 0.3) is 0 Å². The van der Waals surface area contributed by atoms with Gasteiger partial charge in [0.15, 0.2) is 0 Å². The minimum absolute atomic E-state index is 0.0344. The Morgan fingerprint density at radius 3 is 2.74 bits per heavy atom. The highest BCUT2D eigenvalue weighted by atomic mass is 35.5. The normalized spacial score (nSPS) is 15.7. The van der Waals surface area contributed by atoms with Crippen LogP contribution in [0.4, 0.5) is 0 Å². The van der Waals surface area contributed by atoms with Crippen molar-refractivity contribution in [2.45, 2.75) is 37.2 Å². The van der Waals surface area contributed by atoms with Crippen molar-refractivity contribution >= 4 is 21.6 Å². The zero-order chi connectivity index (χ0) is 13.9. The fraction of sp³-hybridized carbons (Fsp3) is 0.538. The highest BCUT2D eigenvalue weighted by Gasteiger charge is 2.21. The number of hydrogen-bond acceptors (Lipinski definition) is 3. The van der Waals surface area contributed by atoms with Gasteiger partial charge in [-0.3, -0.25) is 0 Å². The summed E-state index contributed by atoms with van der Waals surface area (Å²) >= 11 is 5.91. The van der Waals surface area contributed by atoms with Crippen molar-refractivity contribution in [2.75, 3.05) is 6.54 Å². The summed E-state index contributed by atoms with van der Waals surface area (Å²) in [5.74, 6) is 0.797. The molecule has 2 N–H and O–H groups in total. The Kier molecular flexibility index (Phi) is 4.84. The van der Waals surface area contributed by atoms with E-state index in [9.17, 15) is 8.42 Å². The van der Waals surface area contributed by atoms with Crippen LogP contribution in [0.3, 0.4) is 0 Å². The smallest absolute Gasteiger partial charge is 0.242 e. The number of nitrogens with one attached hydrogen (secondary N) is 1. The molecule has 0 heterocycles. The number of halogens is 1. The lowest BCUT2D eigenvalue weighted by Crippen LogP contribution is -2.25. The van der Waals surface area contributed by atoms with E-state index in [0.717, 1.165) is 18.8 Å². The number of aliphatic hydroxyl groups is 1. The number of benzene rings is 1. The van der Waals surface area contributed by atoms with Crippen LogP contribution in [0.5, 0.6) is 0 Å². The van der Waals surface area contributed by atoms with Crippen LogP contribution < -0.4 is 4.72 Å². The van der Waals surface area contributed by atoms with Gasteiger partial charge < -0.3 is 5.11 Å². The van der Waals surface area contributed by atoms with Gasteiger partial charge in [-0.25, -0.2) is 13.1 Å². The Balaban J connectivity index is 2.00. The second-order valence-corrected chi connectivity index (χ2v) is 7.05.